The maximum atomic E-state index is 12.8. The van der Waals surface area contributed by atoms with E-state index in [2.05, 4.69) is 0 Å². The number of alkyl halides is 1. The van der Waals surface area contributed by atoms with E-state index in [0.29, 0.717) is 29.3 Å². The molecule has 21 heavy (non-hydrogen) atoms. The Hall–Kier alpha value is -1.06. The monoisotopic (exact) mass is 328 g/mol. The van der Waals surface area contributed by atoms with Crippen LogP contribution in [0.1, 0.15) is 42.1 Å². The average molecular weight is 329 g/mol. The van der Waals surface area contributed by atoms with Crippen LogP contribution in [-0.4, -0.2) is 24.2 Å². The van der Waals surface area contributed by atoms with Gasteiger partial charge in [-0.1, -0.05) is 18.0 Å². The maximum absolute atomic E-state index is 12.8. The van der Waals surface area contributed by atoms with Crippen LogP contribution in [0.3, 0.4) is 0 Å². The average Bonchev–Trinajstić information content (AvgIpc) is 2.73. The third-order valence-electron chi connectivity index (χ3n) is 3.89. The summed E-state index contributed by atoms with van der Waals surface area (Å²) in [5.41, 5.74) is 0.305. The van der Waals surface area contributed by atoms with Gasteiger partial charge in [-0.15, -0.1) is 11.6 Å². The summed E-state index contributed by atoms with van der Waals surface area (Å²) in [5, 5.41) is 0.571. The Morgan fingerprint density at radius 1 is 1.38 bits per heavy atom. The lowest BCUT2D eigenvalue weighted by molar-refractivity contribution is -0.152. The van der Waals surface area contributed by atoms with Gasteiger partial charge in [0.1, 0.15) is 5.41 Å². The summed E-state index contributed by atoms with van der Waals surface area (Å²) in [6, 6.07) is 5.14. The number of ketones is 1. The third-order valence-corrected chi connectivity index (χ3v) is 4.39. The molecule has 1 aliphatic rings. The van der Waals surface area contributed by atoms with Crippen molar-refractivity contribution in [2.75, 3.05) is 12.5 Å². The number of fused-ring (bicyclic) bond motifs is 1. The molecule has 114 valence electrons. The number of rotatable bonds is 6. The minimum Gasteiger partial charge on any atom is -0.465 e. The van der Waals surface area contributed by atoms with E-state index in [1.165, 1.54) is 0 Å². The first-order valence-corrected chi connectivity index (χ1v) is 8.03. The van der Waals surface area contributed by atoms with Crippen molar-refractivity contribution in [3.8, 4) is 0 Å². The molecule has 0 heterocycles. The fourth-order valence-electron chi connectivity index (χ4n) is 2.85. The predicted octanol–water partition coefficient (Wildman–Crippen LogP) is 4.04. The molecule has 1 unspecified atom stereocenters. The summed E-state index contributed by atoms with van der Waals surface area (Å²) in [6.07, 6.45) is 2.31. The number of esters is 1. The quantitative estimate of drug-likeness (QED) is 0.342. The summed E-state index contributed by atoms with van der Waals surface area (Å²) >= 11 is 11.7. The number of hydrogen-bond donors (Lipinski definition) is 0. The Labute approximate surface area is 134 Å². The summed E-state index contributed by atoms with van der Waals surface area (Å²) in [4.78, 5) is 25.2. The number of carbonyl (C=O) groups is 2. The Morgan fingerprint density at radius 3 is 2.81 bits per heavy atom. The Bertz CT molecular complexity index is 556. The summed E-state index contributed by atoms with van der Waals surface area (Å²) in [6.45, 7) is 2.01. The molecule has 0 fully saturated rings. The molecule has 0 radical (unpaired) electrons. The SMILES string of the molecule is CCOC(=O)C1(CCCCCl)Cc2cc(Cl)ccc2C1=O. The van der Waals surface area contributed by atoms with E-state index in [9.17, 15) is 9.59 Å². The molecule has 1 aromatic rings. The molecule has 0 saturated heterocycles. The fourth-order valence-corrected chi connectivity index (χ4v) is 3.24. The van der Waals surface area contributed by atoms with Crippen molar-refractivity contribution in [3.05, 3.63) is 34.3 Å². The number of Topliss-reactive ketones (excluding diaryl/α,β-unsaturated/α-hetero) is 1. The van der Waals surface area contributed by atoms with Gasteiger partial charge in [0, 0.05) is 16.5 Å². The van der Waals surface area contributed by atoms with Crippen molar-refractivity contribution >= 4 is 35.0 Å². The number of unbranched alkanes of at least 4 members (excludes halogenated alkanes) is 1. The van der Waals surface area contributed by atoms with Gasteiger partial charge in [0.15, 0.2) is 5.78 Å². The van der Waals surface area contributed by atoms with E-state index in [-0.39, 0.29) is 12.4 Å². The van der Waals surface area contributed by atoms with Gasteiger partial charge in [0.2, 0.25) is 0 Å². The molecule has 0 spiro atoms. The van der Waals surface area contributed by atoms with Gasteiger partial charge in [0.05, 0.1) is 6.61 Å². The zero-order valence-electron chi connectivity index (χ0n) is 12.0. The molecule has 1 atom stereocenters. The summed E-state index contributed by atoms with van der Waals surface area (Å²) < 4.78 is 5.17. The van der Waals surface area contributed by atoms with Crippen molar-refractivity contribution in [1.29, 1.82) is 0 Å². The second-order valence-electron chi connectivity index (χ2n) is 5.26. The van der Waals surface area contributed by atoms with Gasteiger partial charge in [-0.05, 0) is 49.9 Å². The largest absolute Gasteiger partial charge is 0.465 e. The molecule has 0 aliphatic heterocycles. The second-order valence-corrected chi connectivity index (χ2v) is 6.07. The molecule has 1 aromatic carbocycles. The molecule has 0 amide bonds. The van der Waals surface area contributed by atoms with Crippen LogP contribution in [0.4, 0.5) is 0 Å². The number of hydrogen-bond acceptors (Lipinski definition) is 3. The Kier molecular flexibility index (Phi) is 5.28. The first kappa shape index (κ1) is 16.3. The molecule has 1 aliphatic carbocycles. The first-order chi connectivity index (χ1) is 10.0. The molecule has 0 bridgehead atoms. The van der Waals surface area contributed by atoms with Crippen LogP contribution in [0, 0.1) is 5.41 Å². The van der Waals surface area contributed by atoms with E-state index in [4.69, 9.17) is 27.9 Å². The van der Waals surface area contributed by atoms with Crippen LogP contribution in [0.25, 0.3) is 0 Å². The molecule has 5 heteroatoms. The van der Waals surface area contributed by atoms with E-state index in [0.717, 1.165) is 18.4 Å². The molecule has 0 N–H and O–H groups in total. The Morgan fingerprint density at radius 2 is 2.14 bits per heavy atom. The number of halogens is 2. The van der Waals surface area contributed by atoms with Crippen molar-refractivity contribution < 1.29 is 14.3 Å². The van der Waals surface area contributed by atoms with Gasteiger partial charge >= 0.3 is 5.97 Å². The van der Waals surface area contributed by atoms with Crippen molar-refractivity contribution in [2.24, 2.45) is 5.41 Å². The Balaban J connectivity index is 2.34. The van der Waals surface area contributed by atoms with E-state index in [1.807, 2.05) is 0 Å². The van der Waals surface area contributed by atoms with Crippen LogP contribution in [0.5, 0.6) is 0 Å². The smallest absolute Gasteiger partial charge is 0.320 e. The first-order valence-electron chi connectivity index (χ1n) is 7.11. The van der Waals surface area contributed by atoms with Gasteiger partial charge < -0.3 is 4.74 Å². The molecule has 3 nitrogen and oxygen atoms in total. The third kappa shape index (κ3) is 3.09. The molecule has 0 saturated carbocycles. The lowest BCUT2D eigenvalue weighted by Crippen LogP contribution is -2.38. The lowest BCUT2D eigenvalue weighted by atomic mass is 9.79. The summed E-state index contributed by atoms with van der Waals surface area (Å²) in [7, 11) is 0. The van der Waals surface area contributed by atoms with Crippen molar-refractivity contribution in [3.63, 3.8) is 0 Å². The zero-order chi connectivity index (χ0) is 15.5. The highest BCUT2D eigenvalue weighted by Crippen LogP contribution is 2.42. The van der Waals surface area contributed by atoms with Gasteiger partial charge in [-0.25, -0.2) is 0 Å². The minimum absolute atomic E-state index is 0.151. The van der Waals surface area contributed by atoms with Crippen LogP contribution in [0.2, 0.25) is 5.02 Å². The highest BCUT2D eigenvalue weighted by Gasteiger charge is 2.52. The van der Waals surface area contributed by atoms with Gasteiger partial charge in [-0.3, -0.25) is 9.59 Å². The zero-order valence-corrected chi connectivity index (χ0v) is 13.5. The molecular formula is C16H18Cl2O3. The predicted molar refractivity (Wildman–Crippen MR) is 83.1 cm³/mol. The van der Waals surface area contributed by atoms with Gasteiger partial charge in [0.25, 0.3) is 0 Å². The van der Waals surface area contributed by atoms with E-state index < -0.39 is 11.4 Å². The normalized spacial score (nSPS) is 20.4. The number of benzene rings is 1. The van der Waals surface area contributed by atoms with Crippen LogP contribution < -0.4 is 0 Å². The molecule has 0 aromatic heterocycles. The number of carbonyl (C=O) groups excluding carboxylic acids is 2. The summed E-state index contributed by atoms with van der Waals surface area (Å²) in [5.74, 6) is -0.0645. The van der Waals surface area contributed by atoms with Crippen molar-refractivity contribution in [2.45, 2.75) is 32.6 Å². The standard InChI is InChI=1S/C16H18Cl2O3/c1-2-21-15(20)16(7-3-4-8-17)10-11-9-12(18)5-6-13(11)14(16)19/h5-6,9H,2-4,7-8,10H2,1H3. The number of ether oxygens (including phenoxy) is 1. The molecular weight excluding hydrogens is 311 g/mol. The van der Waals surface area contributed by atoms with Crippen LogP contribution in [-0.2, 0) is 16.0 Å². The van der Waals surface area contributed by atoms with Crippen molar-refractivity contribution in [1.82, 2.24) is 0 Å². The highest BCUT2D eigenvalue weighted by molar-refractivity contribution is 6.31. The van der Waals surface area contributed by atoms with Crippen LogP contribution in [0.15, 0.2) is 18.2 Å². The molecule has 2 rings (SSSR count). The lowest BCUT2D eigenvalue weighted by Gasteiger charge is -2.24. The minimum atomic E-state index is -1.10. The van der Waals surface area contributed by atoms with E-state index in [1.54, 1.807) is 25.1 Å². The van der Waals surface area contributed by atoms with Crippen LogP contribution >= 0.6 is 23.2 Å². The highest BCUT2D eigenvalue weighted by atomic mass is 35.5. The fraction of sp³-hybridized carbons (Fsp3) is 0.500. The second kappa shape index (κ2) is 6.80. The van der Waals surface area contributed by atoms with E-state index >= 15 is 0 Å². The topological polar surface area (TPSA) is 43.4 Å². The van der Waals surface area contributed by atoms with Gasteiger partial charge in [-0.2, -0.15) is 0 Å². The maximum Gasteiger partial charge on any atom is 0.320 e.